The molecule has 0 saturated heterocycles. The van der Waals surface area contributed by atoms with Crippen molar-refractivity contribution in [2.45, 2.75) is 108 Å². The maximum Gasteiger partial charge on any atom is 0.305 e. The van der Waals surface area contributed by atoms with Gasteiger partial charge < -0.3 is 30.3 Å². The number of carbonyl (C=O) groups excluding carboxylic acids is 1. The van der Waals surface area contributed by atoms with Crippen LogP contribution >= 0.6 is 0 Å². The van der Waals surface area contributed by atoms with E-state index in [9.17, 15) is 25.2 Å². The van der Waals surface area contributed by atoms with Gasteiger partial charge in [0.25, 0.3) is 0 Å². The summed E-state index contributed by atoms with van der Waals surface area (Å²) in [6.07, 6.45) is 14.6. The smallest absolute Gasteiger partial charge is 0.305 e. The molecule has 0 heterocycles. The Balaban J connectivity index is 3.60. The summed E-state index contributed by atoms with van der Waals surface area (Å²) in [6, 6.07) is 0. The average Bonchev–Trinajstić information content (AvgIpc) is 2.78. The first-order valence-electron chi connectivity index (χ1n) is 11.7. The third-order valence-electron chi connectivity index (χ3n) is 5.07. The highest BCUT2D eigenvalue weighted by Gasteiger charge is 2.30. The second-order valence-corrected chi connectivity index (χ2v) is 7.96. The van der Waals surface area contributed by atoms with Crippen LogP contribution in [-0.4, -0.2) is 69.1 Å². The van der Waals surface area contributed by atoms with Crippen molar-refractivity contribution in [1.82, 2.24) is 0 Å². The zero-order valence-electron chi connectivity index (χ0n) is 19.1. The van der Waals surface area contributed by atoms with Crippen LogP contribution in [0.3, 0.4) is 0 Å². The molecular formula is C24H44O7. The van der Waals surface area contributed by atoms with Crippen LogP contribution in [0.5, 0.6) is 0 Å². The van der Waals surface area contributed by atoms with Gasteiger partial charge in [0.05, 0.1) is 6.61 Å². The highest BCUT2D eigenvalue weighted by Crippen LogP contribution is 2.10. The van der Waals surface area contributed by atoms with Crippen LogP contribution in [0.4, 0.5) is 0 Å². The van der Waals surface area contributed by atoms with Crippen LogP contribution in [-0.2, 0) is 9.53 Å². The second kappa shape index (κ2) is 20.6. The second-order valence-electron chi connectivity index (χ2n) is 7.96. The van der Waals surface area contributed by atoms with Crippen molar-refractivity contribution < 1.29 is 35.1 Å². The molecule has 7 nitrogen and oxygen atoms in total. The van der Waals surface area contributed by atoms with Crippen molar-refractivity contribution in [3.8, 4) is 0 Å². The van der Waals surface area contributed by atoms with Gasteiger partial charge in [-0.15, -0.1) is 0 Å². The minimum absolute atomic E-state index is 0.231. The molecule has 0 bridgehead atoms. The molecule has 5 N–H and O–H groups in total. The zero-order chi connectivity index (χ0) is 23.3. The summed E-state index contributed by atoms with van der Waals surface area (Å²) in [5.74, 6) is -0.478. The van der Waals surface area contributed by atoms with E-state index in [-0.39, 0.29) is 6.42 Å². The van der Waals surface area contributed by atoms with Gasteiger partial charge in [0.1, 0.15) is 31.0 Å². The van der Waals surface area contributed by atoms with E-state index >= 15 is 0 Å². The lowest BCUT2D eigenvalue weighted by Gasteiger charge is -2.25. The van der Waals surface area contributed by atoms with Crippen LogP contribution in [0, 0.1) is 0 Å². The number of aliphatic hydroxyl groups is 5. The van der Waals surface area contributed by atoms with E-state index in [0.29, 0.717) is 6.42 Å². The number of aliphatic hydroxyl groups excluding tert-OH is 5. The van der Waals surface area contributed by atoms with E-state index in [4.69, 9.17) is 9.84 Å². The first-order chi connectivity index (χ1) is 14.9. The third kappa shape index (κ3) is 17.0. The molecule has 0 fully saturated rings. The standard InChI is InChI=1S/C24H44O7/c1-2-3-4-5-6-7-8-9-10-11-12-13-14-15-16-17-22(28)31-19-21(27)24(30)23(29)20(26)18-25/h6-7,9-10,20-21,23-27,29-30H,2-5,8,11-19H2,1H3/b7-6-,10-9-/t20-,21+,23-,24+/m1/s1. The van der Waals surface area contributed by atoms with Gasteiger partial charge in [-0.3, -0.25) is 4.79 Å². The quantitative estimate of drug-likeness (QED) is 0.111. The molecule has 0 aromatic rings. The van der Waals surface area contributed by atoms with Gasteiger partial charge in [0, 0.05) is 6.42 Å². The van der Waals surface area contributed by atoms with Crippen molar-refractivity contribution in [3.05, 3.63) is 24.3 Å². The SMILES string of the molecule is CCCCC/C=C\C/C=C\CCCCCCCC(=O)OC[C@H](O)[C@H](O)[C@H](O)[C@H](O)CO. The normalized spacial score (nSPS) is 15.9. The van der Waals surface area contributed by atoms with Crippen LogP contribution in [0.1, 0.15) is 84.0 Å². The number of carbonyl (C=O) groups is 1. The lowest BCUT2D eigenvalue weighted by molar-refractivity contribution is -0.156. The number of esters is 1. The van der Waals surface area contributed by atoms with Crippen LogP contribution in [0.25, 0.3) is 0 Å². The number of rotatable bonds is 20. The van der Waals surface area contributed by atoms with E-state index in [2.05, 4.69) is 31.2 Å². The largest absolute Gasteiger partial charge is 0.463 e. The Bertz CT molecular complexity index is 479. The molecule has 7 heteroatoms. The van der Waals surface area contributed by atoms with E-state index < -0.39 is 43.6 Å². The Morgan fingerprint density at radius 3 is 1.94 bits per heavy atom. The topological polar surface area (TPSA) is 127 Å². The summed E-state index contributed by atoms with van der Waals surface area (Å²) in [5, 5.41) is 46.8. The molecule has 0 aliphatic carbocycles. The number of unbranched alkanes of at least 4 members (excludes halogenated alkanes) is 8. The summed E-state index contributed by atoms with van der Waals surface area (Å²) in [7, 11) is 0. The average molecular weight is 445 g/mol. The fourth-order valence-corrected chi connectivity index (χ4v) is 2.99. The van der Waals surface area contributed by atoms with Gasteiger partial charge in [-0.25, -0.2) is 0 Å². The molecule has 0 amide bonds. The van der Waals surface area contributed by atoms with Gasteiger partial charge in [0.15, 0.2) is 0 Å². The Labute approximate surface area is 187 Å². The van der Waals surface area contributed by atoms with Crippen molar-refractivity contribution >= 4 is 5.97 Å². The summed E-state index contributed by atoms with van der Waals surface area (Å²) in [6.45, 7) is 0.985. The Morgan fingerprint density at radius 2 is 1.32 bits per heavy atom. The highest BCUT2D eigenvalue weighted by molar-refractivity contribution is 5.69. The summed E-state index contributed by atoms with van der Waals surface area (Å²) in [5.41, 5.74) is 0. The van der Waals surface area contributed by atoms with Gasteiger partial charge in [0.2, 0.25) is 0 Å². The van der Waals surface area contributed by atoms with Crippen LogP contribution in [0.2, 0.25) is 0 Å². The number of allylic oxidation sites excluding steroid dienone is 4. The molecule has 0 spiro atoms. The molecule has 0 saturated carbocycles. The first kappa shape index (κ1) is 29.8. The third-order valence-corrected chi connectivity index (χ3v) is 5.07. The lowest BCUT2D eigenvalue weighted by atomic mass is 10.0. The highest BCUT2D eigenvalue weighted by atomic mass is 16.5. The maximum atomic E-state index is 11.7. The Hall–Kier alpha value is -1.25. The summed E-state index contributed by atoms with van der Waals surface area (Å²) >= 11 is 0. The minimum atomic E-state index is -1.72. The maximum absolute atomic E-state index is 11.7. The van der Waals surface area contributed by atoms with Gasteiger partial charge in [-0.05, 0) is 38.5 Å². The minimum Gasteiger partial charge on any atom is -0.463 e. The zero-order valence-corrected chi connectivity index (χ0v) is 19.1. The first-order valence-corrected chi connectivity index (χ1v) is 11.7. The predicted molar refractivity (Wildman–Crippen MR) is 121 cm³/mol. The Morgan fingerprint density at radius 1 is 0.774 bits per heavy atom. The molecule has 4 atom stereocenters. The molecule has 0 unspecified atom stereocenters. The van der Waals surface area contributed by atoms with Gasteiger partial charge >= 0.3 is 5.97 Å². The fourth-order valence-electron chi connectivity index (χ4n) is 2.99. The number of ether oxygens (including phenoxy) is 1. The molecule has 0 aliphatic rings. The predicted octanol–water partition coefficient (Wildman–Crippen LogP) is 2.78. The van der Waals surface area contributed by atoms with Crippen molar-refractivity contribution in [1.29, 1.82) is 0 Å². The van der Waals surface area contributed by atoms with E-state index in [1.165, 1.54) is 25.7 Å². The molecule has 0 rings (SSSR count). The molecule has 0 aliphatic heterocycles. The van der Waals surface area contributed by atoms with Crippen LogP contribution in [0.15, 0.2) is 24.3 Å². The van der Waals surface area contributed by atoms with E-state index in [1.54, 1.807) is 0 Å². The van der Waals surface area contributed by atoms with E-state index in [1.807, 2.05) is 0 Å². The molecule has 0 aromatic carbocycles. The molecule has 0 radical (unpaired) electrons. The monoisotopic (exact) mass is 444 g/mol. The molecule has 31 heavy (non-hydrogen) atoms. The van der Waals surface area contributed by atoms with Crippen LogP contribution < -0.4 is 0 Å². The van der Waals surface area contributed by atoms with E-state index in [0.717, 1.165) is 38.5 Å². The number of hydrogen-bond donors (Lipinski definition) is 5. The summed E-state index contributed by atoms with van der Waals surface area (Å²) in [4.78, 5) is 11.7. The Kier molecular flexibility index (Phi) is 19.8. The molecule has 0 aromatic heterocycles. The van der Waals surface area contributed by atoms with Crippen molar-refractivity contribution in [2.75, 3.05) is 13.2 Å². The van der Waals surface area contributed by atoms with Gasteiger partial charge in [-0.1, -0.05) is 63.3 Å². The van der Waals surface area contributed by atoms with Crippen molar-refractivity contribution in [3.63, 3.8) is 0 Å². The molecule has 182 valence electrons. The molecular weight excluding hydrogens is 400 g/mol. The fraction of sp³-hybridized carbons (Fsp3) is 0.792. The summed E-state index contributed by atoms with van der Waals surface area (Å²) < 4.78 is 4.89. The lowest BCUT2D eigenvalue weighted by Crippen LogP contribution is -2.47. The van der Waals surface area contributed by atoms with Crippen molar-refractivity contribution in [2.24, 2.45) is 0 Å². The van der Waals surface area contributed by atoms with Gasteiger partial charge in [-0.2, -0.15) is 0 Å². The number of hydrogen-bond acceptors (Lipinski definition) is 7.